The predicted molar refractivity (Wildman–Crippen MR) is 95.2 cm³/mol. The summed E-state index contributed by atoms with van der Waals surface area (Å²) in [5.41, 5.74) is 0.0832. The first-order valence-electron chi connectivity index (χ1n) is 9.17. The zero-order valence-corrected chi connectivity index (χ0v) is 16.3. The molecule has 1 aliphatic carbocycles. The smallest absolute Gasteiger partial charge is 0.407 e. The molecule has 0 bridgehead atoms. The van der Waals surface area contributed by atoms with Gasteiger partial charge < -0.3 is 24.6 Å². The Kier molecular flexibility index (Phi) is 5.86. The minimum atomic E-state index is -0.880. The number of alkyl carbamates (subject to hydrolysis) is 1. The molecule has 1 heterocycles. The summed E-state index contributed by atoms with van der Waals surface area (Å²) in [6.45, 7) is 12.8. The van der Waals surface area contributed by atoms with Gasteiger partial charge in [0.15, 0.2) is 0 Å². The molecule has 2 N–H and O–H groups in total. The summed E-state index contributed by atoms with van der Waals surface area (Å²) >= 11 is 0. The lowest BCUT2D eigenvalue weighted by molar-refractivity contribution is -0.233. The zero-order chi connectivity index (χ0) is 18.9. The standard InChI is InChI=1S/C19H33NO5/c1-7-8-9-14(20-16(22)25-17(2,3)4)15(21)13-10-19(13)23-11-18(5,6)12-24-19/h10,14-15,21H,7-9,11-12H2,1-6H3,(H,20,22). The predicted octanol–water partition coefficient (Wildman–Crippen LogP) is 3.14. The zero-order valence-electron chi connectivity index (χ0n) is 16.3. The number of carbonyl (C=O) groups excluding carboxylic acids is 1. The van der Waals surface area contributed by atoms with Crippen LogP contribution in [0.5, 0.6) is 0 Å². The summed E-state index contributed by atoms with van der Waals surface area (Å²) in [5, 5.41) is 13.6. The van der Waals surface area contributed by atoms with E-state index >= 15 is 0 Å². The van der Waals surface area contributed by atoms with Gasteiger partial charge in [-0.05, 0) is 33.3 Å². The van der Waals surface area contributed by atoms with Gasteiger partial charge in [-0.3, -0.25) is 0 Å². The van der Waals surface area contributed by atoms with Crippen molar-refractivity contribution in [2.75, 3.05) is 13.2 Å². The molecule has 144 valence electrons. The molecule has 6 heteroatoms. The number of rotatable bonds is 6. The second-order valence-electron chi connectivity index (χ2n) is 8.85. The lowest BCUT2D eigenvalue weighted by Gasteiger charge is -2.37. The maximum atomic E-state index is 12.1. The number of aliphatic hydroxyl groups excluding tert-OH is 1. The quantitative estimate of drug-likeness (QED) is 0.716. The fourth-order valence-electron chi connectivity index (χ4n) is 2.81. The molecule has 1 spiro atoms. The second kappa shape index (κ2) is 7.25. The van der Waals surface area contributed by atoms with Crippen LogP contribution in [-0.4, -0.2) is 47.9 Å². The highest BCUT2D eigenvalue weighted by atomic mass is 16.7. The molecule has 0 radical (unpaired) electrons. The Labute approximate surface area is 150 Å². The largest absolute Gasteiger partial charge is 0.444 e. The first kappa shape index (κ1) is 20.2. The molecule has 1 fully saturated rings. The molecule has 2 rings (SSSR count). The summed E-state index contributed by atoms with van der Waals surface area (Å²) in [4.78, 5) is 12.1. The molecule has 1 aliphatic heterocycles. The lowest BCUT2D eigenvalue weighted by Crippen LogP contribution is -2.48. The molecule has 0 aromatic heterocycles. The van der Waals surface area contributed by atoms with Crippen LogP contribution in [0.25, 0.3) is 0 Å². The first-order chi connectivity index (χ1) is 11.5. The van der Waals surface area contributed by atoms with Gasteiger partial charge in [0.1, 0.15) is 11.7 Å². The van der Waals surface area contributed by atoms with E-state index in [0.717, 1.165) is 12.8 Å². The summed E-state index contributed by atoms with van der Waals surface area (Å²) in [7, 11) is 0. The Morgan fingerprint density at radius 1 is 1.36 bits per heavy atom. The average Bonchev–Trinajstić information content (AvgIpc) is 3.19. The van der Waals surface area contributed by atoms with Crippen molar-refractivity contribution in [3.05, 3.63) is 11.6 Å². The van der Waals surface area contributed by atoms with Crippen molar-refractivity contribution in [1.29, 1.82) is 0 Å². The molecule has 2 atom stereocenters. The third-order valence-electron chi connectivity index (χ3n) is 4.29. The van der Waals surface area contributed by atoms with E-state index in [4.69, 9.17) is 14.2 Å². The number of unbranched alkanes of at least 4 members (excludes halogenated alkanes) is 1. The summed E-state index contributed by atoms with van der Waals surface area (Å²) in [6.07, 6.45) is 2.98. The van der Waals surface area contributed by atoms with E-state index in [9.17, 15) is 9.90 Å². The Morgan fingerprint density at radius 2 is 1.96 bits per heavy atom. The van der Waals surface area contributed by atoms with Gasteiger partial charge in [0, 0.05) is 11.0 Å². The van der Waals surface area contributed by atoms with E-state index in [2.05, 4.69) is 26.1 Å². The van der Waals surface area contributed by atoms with E-state index in [1.54, 1.807) is 0 Å². The monoisotopic (exact) mass is 355 g/mol. The third-order valence-corrected chi connectivity index (χ3v) is 4.29. The van der Waals surface area contributed by atoms with Crippen LogP contribution in [0.2, 0.25) is 0 Å². The number of aliphatic hydroxyl groups is 1. The van der Waals surface area contributed by atoms with Crippen LogP contribution in [0.3, 0.4) is 0 Å². The molecule has 2 aliphatic rings. The fraction of sp³-hybridized carbons (Fsp3) is 0.842. The second-order valence-corrected chi connectivity index (χ2v) is 8.85. The van der Waals surface area contributed by atoms with E-state index in [-0.39, 0.29) is 5.41 Å². The van der Waals surface area contributed by atoms with Crippen LogP contribution >= 0.6 is 0 Å². The van der Waals surface area contributed by atoms with Gasteiger partial charge in [-0.25, -0.2) is 4.79 Å². The van der Waals surface area contributed by atoms with Crippen molar-refractivity contribution < 1.29 is 24.1 Å². The molecule has 0 aromatic rings. The van der Waals surface area contributed by atoms with Gasteiger partial charge in [0.05, 0.1) is 19.3 Å². The number of amides is 1. The summed E-state index contributed by atoms with van der Waals surface area (Å²) in [6, 6.07) is -0.428. The molecule has 1 amide bonds. The Balaban J connectivity index is 1.96. The molecule has 2 unspecified atom stereocenters. The summed E-state index contributed by atoms with van der Waals surface area (Å²) < 4.78 is 17.0. The van der Waals surface area contributed by atoms with Gasteiger partial charge >= 0.3 is 6.09 Å². The van der Waals surface area contributed by atoms with Crippen LogP contribution in [0.4, 0.5) is 4.79 Å². The highest BCUT2D eigenvalue weighted by Gasteiger charge is 2.55. The van der Waals surface area contributed by atoms with E-state index in [1.807, 2.05) is 26.8 Å². The van der Waals surface area contributed by atoms with E-state index < -0.39 is 29.6 Å². The highest BCUT2D eigenvalue weighted by molar-refractivity contribution is 5.68. The van der Waals surface area contributed by atoms with Crippen molar-refractivity contribution in [3.8, 4) is 0 Å². The average molecular weight is 355 g/mol. The van der Waals surface area contributed by atoms with Gasteiger partial charge in [0.25, 0.3) is 0 Å². The summed E-state index contributed by atoms with van der Waals surface area (Å²) in [5.74, 6) is -0.880. The van der Waals surface area contributed by atoms with E-state index in [0.29, 0.717) is 25.2 Å². The molecule has 1 saturated heterocycles. The Bertz CT molecular complexity index is 510. The van der Waals surface area contributed by atoms with Gasteiger partial charge in [-0.15, -0.1) is 0 Å². The van der Waals surface area contributed by atoms with Crippen LogP contribution < -0.4 is 5.32 Å². The third kappa shape index (κ3) is 5.43. The molecule has 0 saturated carbocycles. The Morgan fingerprint density at radius 3 is 2.48 bits per heavy atom. The van der Waals surface area contributed by atoms with Crippen molar-refractivity contribution in [3.63, 3.8) is 0 Å². The molecule has 6 nitrogen and oxygen atoms in total. The fourth-order valence-corrected chi connectivity index (χ4v) is 2.81. The molecule has 0 aromatic carbocycles. The minimum Gasteiger partial charge on any atom is -0.444 e. The van der Waals surface area contributed by atoms with Crippen molar-refractivity contribution in [1.82, 2.24) is 5.32 Å². The number of hydrogen-bond acceptors (Lipinski definition) is 5. The van der Waals surface area contributed by atoms with E-state index in [1.165, 1.54) is 0 Å². The van der Waals surface area contributed by atoms with Crippen LogP contribution in [0, 0.1) is 5.41 Å². The highest BCUT2D eigenvalue weighted by Crippen LogP contribution is 2.47. The van der Waals surface area contributed by atoms with Gasteiger partial charge in [-0.1, -0.05) is 33.6 Å². The van der Waals surface area contributed by atoms with Crippen LogP contribution in [-0.2, 0) is 14.2 Å². The van der Waals surface area contributed by atoms with Crippen molar-refractivity contribution in [2.45, 2.75) is 84.3 Å². The molecular weight excluding hydrogens is 322 g/mol. The SMILES string of the molecule is CCCCC(NC(=O)OC(C)(C)C)C(O)C1=CC12OCC(C)(C)CO2. The first-order valence-corrected chi connectivity index (χ1v) is 9.17. The molecule has 25 heavy (non-hydrogen) atoms. The Hall–Kier alpha value is -1.11. The number of ether oxygens (including phenoxy) is 3. The van der Waals surface area contributed by atoms with Gasteiger partial charge in [-0.2, -0.15) is 0 Å². The van der Waals surface area contributed by atoms with Crippen LogP contribution in [0.1, 0.15) is 60.8 Å². The van der Waals surface area contributed by atoms with Gasteiger partial charge in [0.2, 0.25) is 5.79 Å². The number of carbonyl (C=O) groups is 1. The van der Waals surface area contributed by atoms with Crippen LogP contribution in [0.15, 0.2) is 11.6 Å². The normalized spacial score (nSPS) is 23.6. The molecular formula is C19H33NO5. The number of hydrogen-bond donors (Lipinski definition) is 2. The maximum Gasteiger partial charge on any atom is 0.407 e. The van der Waals surface area contributed by atoms with Crippen molar-refractivity contribution >= 4 is 6.09 Å². The van der Waals surface area contributed by atoms with Crippen molar-refractivity contribution in [2.24, 2.45) is 5.41 Å². The lowest BCUT2D eigenvalue weighted by atomic mass is 9.95. The minimum absolute atomic E-state index is 0.0336. The number of nitrogens with one attached hydrogen (secondary N) is 1. The topological polar surface area (TPSA) is 77.0 Å². The maximum absolute atomic E-state index is 12.1.